The summed E-state index contributed by atoms with van der Waals surface area (Å²) in [6.07, 6.45) is 3.69. The van der Waals surface area contributed by atoms with Crippen LogP contribution in [0.15, 0.2) is 41.3 Å². The molecule has 1 aromatic carbocycles. The zero-order valence-electron chi connectivity index (χ0n) is 9.89. The number of nitrogens with one attached hydrogen (secondary N) is 1. The normalized spacial score (nSPS) is 11.9. The molecule has 3 N–H and O–H groups in total. The van der Waals surface area contributed by atoms with Crippen molar-refractivity contribution < 1.29 is 8.42 Å². The van der Waals surface area contributed by atoms with Crippen LogP contribution in [-0.2, 0) is 9.84 Å². The molecule has 0 heterocycles. The van der Waals surface area contributed by atoms with Gasteiger partial charge in [0.05, 0.1) is 16.3 Å². The van der Waals surface area contributed by atoms with Gasteiger partial charge in [0, 0.05) is 13.1 Å². The number of nitrogens with two attached hydrogens (primary N) is 1. The van der Waals surface area contributed by atoms with Crippen molar-refractivity contribution in [2.45, 2.75) is 11.8 Å². The van der Waals surface area contributed by atoms with Gasteiger partial charge in [-0.05, 0) is 12.1 Å². The van der Waals surface area contributed by atoms with Crippen molar-refractivity contribution in [1.29, 1.82) is 0 Å². The Morgan fingerprint density at radius 3 is 2.65 bits per heavy atom. The Bertz CT molecular complexity index is 481. The summed E-state index contributed by atoms with van der Waals surface area (Å²) < 4.78 is 23.7. The molecule has 0 saturated heterocycles. The maximum absolute atomic E-state index is 11.8. The van der Waals surface area contributed by atoms with Gasteiger partial charge in [-0.25, -0.2) is 8.42 Å². The minimum atomic E-state index is -3.18. The minimum Gasteiger partial charge on any atom is -0.381 e. The second-order valence-corrected chi connectivity index (χ2v) is 5.73. The van der Waals surface area contributed by atoms with Crippen molar-refractivity contribution >= 4 is 15.5 Å². The van der Waals surface area contributed by atoms with E-state index in [1.54, 1.807) is 25.1 Å². The highest BCUT2D eigenvalue weighted by molar-refractivity contribution is 7.91. The summed E-state index contributed by atoms with van der Waals surface area (Å²) in [5.41, 5.74) is 5.95. The lowest BCUT2D eigenvalue weighted by atomic mass is 10.3. The lowest BCUT2D eigenvalue weighted by Crippen LogP contribution is -2.09. The topological polar surface area (TPSA) is 72.2 Å². The van der Waals surface area contributed by atoms with Crippen LogP contribution in [0.4, 0.5) is 5.69 Å². The van der Waals surface area contributed by atoms with Crippen LogP contribution >= 0.6 is 0 Å². The first-order valence-corrected chi connectivity index (χ1v) is 7.17. The van der Waals surface area contributed by atoms with E-state index in [1.165, 1.54) is 0 Å². The van der Waals surface area contributed by atoms with E-state index in [0.29, 0.717) is 23.7 Å². The van der Waals surface area contributed by atoms with Crippen LogP contribution in [0.1, 0.15) is 6.92 Å². The molecule has 0 aliphatic carbocycles. The summed E-state index contributed by atoms with van der Waals surface area (Å²) in [7, 11) is -3.18. The quantitative estimate of drug-likeness (QED) is 0.753. The fourth-order valence-corrected chi connectivity index (χ4v) is 2.46. The molecule has 0 bridgehead atoms. The molecule has 0 amide bonds. The third kappa shape index (κ3) is 3.87. The summed E-state index contributed by atoms with van der Waals surface area (Å²) in [6, 6.07) is 6.92. The molecule has 0 radical (unpaired) electrons. The van der Waals surface area contributed by atoms with E-state index in [4.69, 9.17) is 5.73 Å². The summed E-state index contributed by atoms with van der Waals surface area (Å²) in [4.78, 5) is 0.351. The molecule has 0 unspecified atom stereocenters. The molecular weight excluding hydrogens is 236 g/mol. The highest BCUT2D eigenvalue weighted by Crippen LogP contribution is 2.21. The maximum Gasteiger partial charge on any atom is 0.180 e. The average molecular weight is 254 g/mol. The molecule has 0 aliphatic heterocycles. The number of hydrogen-bond acceptors (Lipinski definition) is 4. The zero-order valence-corrected chi connectivity index (χ0v) is 10.7. The van der Waals surface area contributed by atoms with Crippen molar-refractivity contribution in [1.82, 2.24) is 0 Å². The maximum atomic E-state index is 11.8. The molecule has 1 aromatic rings. The number of rotatable bonds is 6. The van der Waals surface area contributed by atoms with Crippen molar-refractivity contribution in [2.24, 2.45) is 5.73 Å². The molecule has 0 atom stereocenters. The first kappa shape index (κ1) is 13.7. The van der Waals surface area contributed by atoms with E-state index in [0.717, 1.165) is 0 Å². The van der Waals surface area contributed by atoms with Gasteiger partial charge < -0.3 is 11.1 Å². The van der Waals surface area contributed by atoms with Gasteiger partial charge in [0.1, 0.15) is 0 Å². The van der Waals surface area contributed by atoms with Crippen LogP contribution in [0.25, 0.3) is 0 Å². The third-order valence-electron chi connectivity index (χ3n) is 2.32. The van der Waals surface area contributed by atoms with E-state index >= 15 is 0 Å². The Morgan fingerprint density at radius 1 is 1.29 bits per heavy atom. The second-order valence-electron chi connectivity index (χ2n) is 3.49. The number of benzene rings is 1. The van der Waals surface area contributed by atoms with Crippen LogP contribution in [0.2, 0.25) is 0 Å². The predicted octanol–water partition coefficient (Wildman–Crippen LogP) is 1.41. The summed E-state index contributed by atoms with van der Waals surface area (Å²) in [6.45, 7) is 2.68. The molecule has 0 fully saturated rings. The molecule has 0 aromatic heterocycles. The van der Waals surface area contributed by atoms with Gasteiger partial charge in [-0.3, -0.25) is 0 Å². The lowest BCUT2D eigenvalue weighted by molar-refractivity contribution is 0.597. The summed E-state index contributed by atoms with van der Waals surface area (Å²) in [5, 5.41) is 3.07. The minimum absolute atomic E-state index is 0.102. The molecule has 17 heavy (non-hydrogen) atoms. The van der Waals surface area contributed by atoms with Crippen LogP contribution in [-0.4, -0.2) is 27.3 Å². The van der Waals surface area contributed by atoms with E-state index in [2.05, 4.69) is 5.32 Å². The van der Waals surface area contributed by atoms with Crippen molar-refractivity contribution in [2.75, 3.05) is 24.2 Å². The van der Waals surface area contributed by atoms with Gasteiger partial charge in [-0.15, -0.1) is 0 Å². The standard InChI is InChI=1S/C12H18N2O2S/c1-2-17(15,16)12-8-4-3-7-11(12)14-10-6-5-9-13/h3-8,14H,2,9-10,13H2,1H3/b6-5+. The molecule has 94 valence electrons. The lowest BCUT2D eigenvalue weighted by Gasteiger charge is -2.10. The number of sulfone groups is 1. The third-order valence-corrected chi connectivity index (χ3v) is 4.10. The molecule has 1 rings (SSSR count). The molecular formula is C12H18N2O2S. The number of anilines is 1. The van der Waals surface area contributed by atoms with E-state index in [1.807, 2.05) is 18.2 Å². The van der Waals surface area contributed by atoms with Gasteiger partial charge in [-0.2, -0.15) is 0 Å². The summed E-state index contributed by atoms with van der Waals surface area (Å²) >= 11 is 0. The van der Waals surface area contributed by atoms with Gasteiger partial charge in [0.2, 0.25) is 0 Å². The van der Waals surface area contributed by atoms with Gasteiger partial charge in [0.25, 0.3) is 0 Å². The monoisotopic (exact) mass is 254 g/mol. The zero-order chi connectivity index (χ0) is 12.7. The molecule has 4 nitrogen and oxygen atoms in total. The first-order valence-electron chi connectivity index (χ1n) is 5.52. The highest BCUT2D eigenvalue weighted by atomic mass is 32.2. The van der Waals surface area contributed by atoms with E-state index < -0.39 is 9.84 Å². The second kappa shape index (κ2) is 6.42. The van der Waals surface area contributed by atoms with E-state index in [9.17, 15) is 8.42 Å². The van der Waals surface area contributed by atoms with Crippen molar-refractivity contribution in [3.8, 4) is 0 Å². The van der Waals surface area contributed by atoms with Crippen LogP contribution in [0.5, 0.6) is 0 Å². The highest BCUT2D eigenvalue weighted by Gasteiger charge is 2.15. The predicted molar refractivity (Wildman–Crippen MR) is 70.9 cm³/mol. The number of hydrogen-bond donors (Lipinski definition) is 2. The van der Waals surface area contributed by atoms with Crippen LogP contribution < -0.4 is 11.1 Å². The molecule has 0 aliphatic rings. The van der Waals surface area contributed by atoms with Gasteiger partial charge in [-0.1, -0.05) is 31.2 Å². The fraction of sp³-hybridized carbons (Fsp3) is 0.333. The smallest absolute Gasteiger partial charge is 0.180 e. The Balaban J connectivity index is 2.89. The first-order chi connectivity index (χ1) is 8.11. The SMILES string of the molecule is CCS(=O)(=O)c1ccccc1NC/C=C/CN. The van der Waals surface area contributed by atoms with E-state index in [-0.39, 0.29) is 5.75 Å². The Kier molecular flexibility index (Phi) is 5.18. The van der Waals surface area contributed by atoms with Gasteiger partial charge >= 0.3 is 0 Å². The Hall–Kier alpha value is -1.33. The number of para-hydroxylation sites is 1. The Morgan fingerprint density at radius 2 is 2.00 bits per heavy atom. The molecule has 0 spiro atoms. The van der Waals surface area contributed by atoms with Crippen LogP contribution in [0, 0.1) is 0 Å². The van der Waals surface area contributed by atoms with Crippen LogP contribution in [0.3, 0.4) is 0 Å². The van der Waals surface area contributed by atoms with Crippen molar-refractivity contribution in [3.05, 3.63) is 36.4 Å². The average Bonchev–Trinajstić information content (AvgIpc) is 2.35. The molecule has 5 heteroatoms. The summed E-state index contributed by atoms with van der Waals surface area (Å²) in [5.74, 6) is 0.102. The molecule has 0 saturated carbocycles. The van der Waals surface area contributed by atoms with Gasteiger partial charge in [0.15, 0.2) is 9.84 Å². The largest absolute Gasteiger partial charge is 0.381 e. The Labute approximate surface area is 102 Å². The fourth-order valence-electron chi connectivity index (χ4n) is 1.39. The van der Waals surface area contributed by atoms with Crippen molar-refractivity contribution in [3.63, 3.8) is 0 Å².